The van der Waals surface area contributed by atoms with Gasteiger partial charge in [0.1, 0.15) is 0 Å². The summed E-state index contributed by atoms with van der Waals surface area (Å²) >= 11 is 0.702. The standard InChI is InChI=1S/C23H14BrO.3C4H9.Sn/c24-19-13-10-17(11-14-19)21-15-12-16-6-4-5-9-20(16)22(21)23(25)18-7-2-1-3-8-18;3*1-3-4-2;/h1-14H;3*1,3-4H2,2H3;. The summed E-state index contributed by atoms with van der Waals surface area (Å²) in [5.74, 6) is 0.142. The maximum atomic E-state index is 14.5. The molecule has 0 spiro atoms. The molecule has 0 atom stereocenters. The fourth-order valence-electron chi connectivity index (χ4n) is 5.98. The van der Waals surface area contributed by atoms with Crippen molar-refractivity contribution in [3.63, 3.8) is 0 Å². The molecule has 0 fully saturated rings. The van der Waals surface area contributed by atoms with Crippen molar-refractivity contribution in [3.8, 4) is 11.1 Å². The Balaban J connectivity index is 2.13. The van der Waals surface area contributed by atoms with Crippen molar-refractivity contribution in [1.29, 1.82) is 0 Å². The van der Waals surface area contributed by atoms with Gasteiger partial charge in [-0.2, -0.15) is 0 Å². The van der Waals surface area contributed by atoms with E-state index in [2.05, 4.69) is 91.3 Å². The molecule has 4 aromatic carbocycles. The van der Waals surface area contributed by atoms with Crippen LogP contribution in [0.3, 0.4) is 0 Å². The molecule has 0 bridgehead atoms. The molecule has 0 radical (unpaired) electrons. The van der Waals surface area contributed by atoms with Crippen LogP contribution in [0, 0.1) is 0 Å². The second-order valence-electron chi connectivity index (χ2n) is 10.7. The van der Waals surface area contributed by atoms with Gasteiger partial charge in [-0.3, -0.25) is 0 Å². The molecular weight excluding hydrogens is 635 g/mol. The molecule has 0 aliphatic heterocycles. The average molecular weight is 676 g/mol. The second kappa shape index (κ2) is 13.9. The Kier molecular flexibility index (Phi) is 10.7. The van der Waals surface area contributed by atoms with Crippen LogP contribution in [0.4, 0.5) is 0 Å². The molecule has 0 saturated carbocycles. The van der Waals surface area contributed by atoms with Crippen LogP contribution < -0.4 is 3.58 Å². The number of carbonyl (C=O) groups is 1. The molecule has 0 heterocycles. The molecular formula is C35H41BrOSn. The number of ketones is 1. The van der Waals surface area contributed by atoms with E-state index in [9.17, 15) is 4.79 Å². The molecule has 1 nitrogen and oxygen atoms in total. The van der Waals surface area contributed by atoms with Crippen LogP contribution in [0.25, 0.3) is 21.9 Å². The van der Waals surface area contributed by atoms with E-state index in [0.717, 1.165) is 21.0 Å². The Morgan fingerprint density at radius 3 is 1.84 bits per heavy atom. The van der Waals surface area contributed by atoms with Crippen molar-refractivity contribution >= 4 is 54.4 Å². The minimum atomic E-state index is -2.95. The molecule has 0 N–H and O–H groups in total. The van der Waals surface area contributed by atoms with Crippen LogP contribution in [0.5, 0.6) is 0 Å². The topological polar surface area (TPSA) is 17.1 Å². The van der Waals surface area contributed by atoms with Gasteiger partial charge in [0.25, 0.3) is 0 Å². The zero-order chi connectivity index (χ0) is 27.0. The van der Waals surface area contributed by atoms with Crippen LogP contribution in [0.2, 0.25) is 13.3 Å². The monoisotopic (exact) mass is 676 g/mol. The van der Waals surface area contributed by atoms with E-state index in [0.29, 0.717) is 0 Å². The molecule has 4 aromatic rings. The van der Waals surface area contributed by atoms with Gasteiger partial charge >= 0.3 is 243 Å². The Bertz CT molecular complexity index is 1320. The molecule has 0 saturated heterocycles. The van der Waals surface area contributed by atoms with Gasteiger partial charge in [0.05, 0.1) is 0 Å². The number of hydrogen-bond donors (Lipinski definition) is 0. The van der Waals surface area contributed by atoms with Crippen LogP contribution in [-0.2, 0) is 0 Å². The SMILES string of the molecule is CCC[CH2][Sn]([CH2]CCC)([CH2]CCC)[c]1cc2ccccc2c(C(=O)c2ccccc2)c1-c1ccc(Br)cc1. The fourth-order valence-corrected chi connectivity index (χ4v) is 23.1. The molecule has 0 aromatic heterocycles. The zero-order valence-corrected chi connectivity index (χ0v) is 27.7. The van der Waals surface area contributed by atoms with Gasteiger partial charge in [-0.15, -0.1) is 0 Å². The quantitative estimate of drug-likeness (QED) is 0.102. The van der Waals surface area contributed by atoms with E-state index in [1.165, 1.54) is 68.3 Å². The normalized spacial score (nSPS) is 11.7. The average Bonchev–Trinajstić information content (AvgIpc) is 2.96. The number of unbranched alkanes of at least 4 members (excludes halogenated alkanes) is 3. The molecule has 38 heavy (non-hydrogen) atoms. The summed E-state index contributed by atoms with van der Waals surface area (Å²) in [7, 11) is 0. The predicted molar refractivity (Wildman–Crippen MR) is 171 cm³/mol. The first-order valence-electron chi connectivity index (χ1n) is 14.5. The van der Waals surface area contributed by atoms with Gasteiger partial charge in [0.15, 0.2) is 0 Å². The molecule has 3 heteroatoms. The molecule has 0 amide bonds. The summed E-state index contributed by atoms with van der Waals surface area (Å²) in [6.07, 6.45) is 7.56. The number of carbonyl (C=O) groups excluding carboxylic acids is 1. The first-order valence-corrected chi connectivity index (χ1v) is 22.7. The van der Waals surface area contributed by atoms with E-state index < -0.39 is 18.4 Å². The third-order valence-corrected chi connectivity index (χ3v) is 24.2. The van der Waals surface area contributed by atoms with Crippen molar-refractivity contribution in [2.45, 2.75) is 72.6 Å². The number of rotatable bonds is 13. The van der Waals surface area contributed by atoms with Gasteiger partial charge in [-0.25, -0.2) is 0 Å². The zero-order valence-electron chi connectivity index (χ0n) is 23.2. The summed E-state index contributed by atoms with van der Waals surface area (Å²) in [5.41, 5.74) is 4.07. The van der Waals surface area contributed by atoms with Crippen LogP contribution in [0.1, 0.15) is 75.2 Å². The van der Waals surface area contributed by atoms with Gasteiger partial charge in [0.2, 0.25) is 0 Å². The van der Waals surface area contributed by atoms with E-state index in [-0.39, 0.29) is 5.78 Å². The van der Waals surface area contributed by atoms with Crippen molar-refractivity contribution in [3.05, 3.63) is 101 Å². The first kappa shape index (κ1) is 29.1. The Morgan fingerprint density at radius 1 is 0.711 bits per heavy atom. The minimum absolute atomic E-state index is 0.142. The summed E-state index contributed by atoms with van der Waals surface area (Å²) in [6, 6.07) is 29.7. The van der Waals surface area contributed by atoms with Gasteiger partial charge in [-0.1, -0.05) is 0 Å². The number of benzene rings is 4. The Hall–Kier alpha value is -1.91. The van der Waals surface area contributed by atoms with Gasteiger partial charge in [-0.05, 0) is 0 Å². The Labute approximate surface area is 242 Å². The second-order valence-corrected chi connectivity index (χ2v) is 24.7. The fraction of sp³-hybridized carbons (Fsp3) is 0.343. The molecule has 4 rings (SSSR count). The number of hydrogen-bond acceptors (Lipinski definition) is 1. The van der Waals surface area contributed by atoms with E-state index in [4.69, 9.17) is 0 Å². The molecule has 0 aliphatic carbocycles. The first-order chi connectivity index (χ1) is 18.5. The van der Waals surface area contributed by atoms with Crippen LogP contribution in [-0.4, -0.2) is 24.2 Å². The van der Waals surface area contributed by atoms with Crippen molar-refractivity contribution in [2.75, 3.05) is 0 Å². The Morgan fingerprint density at radius 2 is 1.26 bits per heavy atom. The van der Waals surface area contributed by atoms with E-state index in [1.54, 1.807) is 3.58 Å². The van der Waals surface area contributed by atoms with Crippen LogP contribution >= 0.6 is 15.9 Å². The molecule has 198 valence electrons. The summed E-state index contributed by atoms with van der Waals surface area (Å²) in [6.45, 7) is 6.99. The maximum absolute atomic E-state index is 14.5. The van der Waals surface area contributed by atoms with Crippen molar-refractivity contribution < 1.29 is 4.79 Å². The summed E-state index contributed by atoms with van der Waals surface area (Å²) < 4.78 is 6.75. The molecule has 0 aliphatic rings. The van der Waals surface area contributed by atoms with Gasteiger partial charge < -0.3 is 0 Å². The third-order valence-electron chi connectivity index (χ3n) is 8.04. The van der Waals surface area contributed by atoms with Crippen LogP contribution in [0.15, 0.2) is 89.4 Å². The van der Waals surface area contributed by atoms with E-state index >= 15 is 0 Å². The number of halogens is 1. The third kappa shape index (κ3) is 6.45. The predicted octanol–water partition coefficient (Wildman–Crippen LogP) is 10.6. The van der Waals surface area contributed by atoms with Crippen molar-refractivity contribution in [1.82, 2.24) is 0 Å². The van der Waals surface area contributed by atoms with Gasteiger partial charge in [0, 0.05) is 0 Å². The summed E-state index contributed by atoms with van der Waals surface area (Å²) in [5, 5.41) is 2.29. The van der Waals surface area contributed by atoms with Crippen molar-refractivity contribution in [2.24, 2.45) is 0 Å². The molecule has 0 unspecified atom stereocenters. The number of fused-ring (bicyclic) bond motifs is 1. The summed E-state index contributed by atoms with van der Waals surface area (Å²) in [4.78, 5) is 14.5. The van der Waals surface area contributed by atoms with E-state index in [1.807, 2.05) is 30.3 Å².